The molecule has 0 spiro atoms. The maximum absolute atomic E-state index is 12.8. The molecule has 1 aromatic carbocycles. The molecule has 0 aromatic heterocycles. The number of carboxylic acid groups (broad SMARTS) is 1. The Morgan fingerprint density at radius 2 is 2.14 bits per heavy atom. The second-order valence-electron chi connectivity index (χ2n) is 5.35. The zero-order chi connectivity index (χ0) is 16.2. The maximum atomic E-state index is 12.8. The predicted octanol–water partition coefficient (Wildman–Crippen LogP) is 1.91. The van der Waals surface area contributed by atoms with Crippen LogP contribution in [0.3, 0.4) is 0 Å². The minimum atomic E-state index is -1.31. The first-order chi connectivity index (χ1) is 10.4. The largest absolute Gasteiger partial charge is 0.479 e. The summed E-state index contributed by atoms with van der Waals surface area (Å²) in [6.45, 7) is 2.05. The van der Waals surface area contributed by atoms with Crippen LogP contribution in [0.2, 0.25) is 0 Å². The van der Waals surface area contributed by atoms with Crippen molar-refractivity contribution in [2.45, 2.75) is 23.8 Å². The van der Waals surface area contributed by atoms with Gasteiger partial charge in [0.1, 0.15) is 5.82 Å². The van der Waals surface area contributed by atoms with Crippen molar-refractivity contribution in [1.29, 1.82) is 0 Å². The van der Waals surface area contributed by atoms with Gasteiger partial charge in [-0.05, 0) is 24.3 Å². The molecule has 120 valence electrons. The van der Waals surface area contributed by atoms with Gasteiger partial charge in [0.2, 0.25) is 5.91 Å². The van der Waals surface area contributed by atoms with E-state index in [1.54, 1.807) is 19.1 Å². The van der Waals surface area contributed by atoms with Gasteiger partial charge >= 0.3 is 5.97 Å². The van der Waals surface area contributed by atoms with E-state index in [1.165, 1.54) is 23.9 Å². The quantitative estimate of drug-likeness (QED) is 0.781. The van der Waals surface area contributed by atoms with Crippen LogP contribution in [-0.2, 0) is 14.3 Å². The topological polar surface area (TPSA) is 75.6 Å². The fourth-order valence-corrected chi connectivity index (χ4v) is 2.99. The van der Waals surface area contributed by atoms with E-state index in [0.29, 0.717) is 12.4 Å². The van der Waals surface area contributed by atoms with Crippen molar-refractivity contribution < 1.29 is 23.8 Å². The molecule has 7 heteroatoms. The molecule has 22 heavy (non-hydrogen) atoms. The number of halogens is 1. The van der Waals surface area contributed by atoms with E-state index in [4.69, 9.17) is 4.74 Å². The Morgan fingerprint density at radius 1 is 1.45 bits per heavy atom. The lowest BCUT2D eigenvalue weighted by Crippen LogP contribution is -2.56. The number of hydrogen-bond donors (Lipinski definition) is 2. The third kappa shape index (κ3) is 3.98. The van der Waals surface area contributed by atoms with E-state index in [9.17, 15) is 19.1 Å². The number of benzene rings is 1. The molecule has 0 saturated carbocycles. The van der Waals surface area contributed by atoms with Crippen LogP contribution in [0.15, 0.2) is 29.2 Å². The van der Waals surface area contributed by atoms with Crippen molar-refractivity contribution in [3.63, 3.8) is 0 Å². The van der Waals surface area contributed by atoms with Crippen LogP contribution in [0.4, 0.5) is 4.39 Å². The minimum Gasteiger partial charge on any atom is -0.479 e. The van der Waals surface area contributed by atoms with Crippen molar-refractivity contribution in [3.05, 3.63) is 30.1 Å². The summed E-state index contributed by atoms with van der Waals surface area (Å²) in [4.78, 5) is 24.4. The van der Waals surface area contributed by atoms with Gasteiger partial charge in [-0.3, -0.25) is 4.79 Å². The molecule has 1 aliphatic heterocycles. The first-order valence-electron chi connectivity index (χ1n) is 6.94. The van der Waals surface area contributed by atoms with Crippen molar-refractivity contribution in [3.8, 4) is 0 Å². The van der Waals surface area contributed by atoms with Gasteiger partial charge in [0, 0.05) is 29.6 Å². The van der Waals surface area contributed by atoms with E-state index in [0.717, 1.165) is 4.90 Å². The number of carboxylic acids is 1. The van der Waals surface area contributed by atoms with Crippen LogP contribution in [0.1, 0.15) is 13.3 Å². The Kier molecular flexibility index (Phi) is 5.42. The van der Waals surface area contributed by atoms with Crippen LogP contribution in [0, 0.1) is 11.7 Å². The number of hydrogen-bond acceptors (Lipinski definition) is 4. The van der Waals surface area contributed by atoms with Gasteiger partial charge < -0.3 is 15.2 Å². The third-order valence-corrected chi connectivity index (χ3v) is 4.83. The average Bonchev–Trinajstić information content (AvgIpc) is 2.96. The fourth-order valence-electron chi connectivity index (χ4n) is 2.07. The normalized spacial score (nSPS) is 22.3. The van der Waals surface area contributed by atoms with Crippen LogP contribution in [-0.4, -0.2) is 41.5 Å². The van der Waals surface area contributed by atoms with Crippen LogP contribution in [0.25, 0.3) is 0 Å². The summed E-state index contributed by atoms with van der Waals surface area (Å²) in [5.41, 5.74) is -1.31. The summed E-state index contributed by atoms with van der Waals surface area (Å²) in [5, 5.41) is 11.9. The predicted molar refractivity (Wildman–Crippen MR) is 80.2 cm³/mol. The molecule has 1 aromatic rings. The first-order valence-corrected chi connectivity index (χ1v) is 7.93. The molecule has 1 saturated heterocycles. The molecule has 0 radical (unpaired) electrons. The summed E-state index contributed by atoms with van der Waals surface area (Å²) in [7, 11) is 0. The molecule has 0 bridgehead atoms. The van der Waals surface area contributed by atoms with E-state index in [1.807, 2.05) is 0 Å². The number of carbonyl (C=O) groups is 2. The van der Waals surface area contributed by atoms with Gasteiger partial charge in [0.05, 0.1) is 6.61 Å². The van der Waals surface area contributed by atoms with Gasteiger partial charge in [-0.25, -0.2) is 9.18 Å². The summed E-state index contributed by atoms with van der Waals surface area (Å²) < 4.78 is 17.9. The second kappa shape index (κ2) is 7.11. The zero-order valence-electron chi connectivity index (χ0n) is 12.2. The Hall–Kier alpha value is -1.60. The molecular weight excluding hydrogens is 309 g/mol. The van der Waals surface area contributed by atoms with Crippen molar-refractivity contribution in [1.82, 2.24) is 5.32 Å². The lowest BCUT2D eigenvalue weighted by Gasteiger charge is -2.25. The highest BCUT2D eigenvalue weighted by Gasteiger charge is 2.44. The molecule has 2 rings (SSSR count). The van der Waals surface area contributed by atoms with Gasteiger partial charge in [0.15, 0.2) is 5.54 Å². The molecule has 1 heterocycles. The zero-order valence-corrected chi connectivity index (χ0v) is 13.0. The molecular formula is C15H18FNO4S. The molecule has 2 unspecified atom stereocenters. The minimum absolute atomic E-state index is 0.00804. The summed E-state index contributed by atoms with van der Waals surface area (Å²) in [6.07, 6.45) is 0.270. The van der Waals surface area contributed by atoms with E-state index < -0.39 is 11.5 Å². The van der Waals surface area contributed by atoms with Gasteiger partial charge in [0.25, 0.3) is 0 Å². The number of amides is 1. The first kappa shape index (κ1) is 16.8. The number of thioether (sulfide) groups is 1. The summed E-state index contributed by atoms with van der Waals surface area (Å²) >= 11 is 1.42. The average molecular weight is 327 g/mol. The van der Waals surface area contributed by atoms with Crippen LogP contribution < -0.4 is 5.32 Å². The Bertz CT molecular complexity index is 543. The summed E-state index contributed by atoms with van der Waals surface area (Å²) in [5.74, 6) is -1.58. The summed E-state index contributed by atoms with van der Waals surface area (Å²) in [6, 6.07) is 6.02. The van der Waals surface area contributed by atoms with Gasteiger partial charge in [-0.15, -0.1) is 11.8 Å². The molecule has 2 atom stereocenters. The second-order valence-corrected chi connectivity index (χ2v) is 6.44. The highest BCUT2D eigenvalue weighted by atomic mass is 32.2. The number of carbonyl (C=O) groups excluding carboxylic acids is 1. The number of ether oxygens (including phenoxy) is 1. The molecule has 1 amide bonds. The van der Waals surface area contributed by atoms with E-state index in [2.05, 4.69) is 5.32 Å². The lowest BCUT2D eigenvalue weighted by atomic mass is 9.98. The Balaban J connectivity index is 1.89. The molecule has 1 fully saturated rings. The molecule has 2 N–H and O–H groups in total. The lowest BCUT2D eigenvalue weighted by molar-refractivity contribution is -0.148. The smallest absolute Gasteiger partial charge is 0.331 e. The number of rotatable bonds is 6. The number of aliphatic carboxylic acids is 1. The van der Waals surface area contributed by atoms with Gasteiger partial charge in [-0.2, -0.15) is 0 Å². The highest BCUT2D eigenvalue weighted by molar-refractivity contribution is 7.99. The van der Waals surface area contributed by atoms with Crippen LogP contribution in [0.5, 0.6) is 0 Å². The number of nitrogens with one attached hydrogen (secondary N) is 1. The highest BCUT2D eigenvalue weighted by Crippen LogP contribution is 2.23. The van der Waals surface area contributed by atoms with Crippen molar-refractivity contribution in [2.24, 2.45) is 5.92 Å². The van der Waals surface area contributed by atoms with E-state index >= 15 is 0 Å². The third-order valence-electron chi connectivity index (χ3n) is 3.55. The van der Waals surface area contributed by atoms with Crippen molar-refractivity contribution >= 4 is 23.6 Å². The Morgan fingerprint density at radius 3 is 2.68 bits per heavy atom. The Labute approximate surface area is 132 Å². The van der Waals surface area contributed by atoms with E-state index in [-0.39, 0.29) is 30.7 Å². The standard InChI is InChI=1S/C15H18FNO4S/c1-10(8-22-12-4-2-11(16)3-5-12)13(18)17-15(14(19)20)6-7-21-9-15/h2-5,10H,6-9H2,1H3,(H,17,18)(H,19,20). The molecule has 0 aliphatic carbocycles. The monoisotopic (exact) mass is 327 g/mol. The van der Waals surface area contributed by atoms with Crippen LogP contribution >= 0.6 is 11.8 Å². The SMILES string of the molecule is CC(CSc1ccc(F)cc1)C(=O)NC1(C(=O)O)CCOC1. The fraction of sp³-hybridized carbons (Fsp3) is 0.467. The van der Waals surface area contributed by atoms with Gasteiger partial charge in [-0.1, -0.05) is 6.92 Å². The molecule has 1 aliphatic rings. The maximum Gasteiger partial charge on any atom is 0.331 e. The van der Waals surface area contributed by atoms with Crippen molar-refractivity contribution in [2.75, 3.05) is 19.0 Å². The molecule has 5 nitrogen and oxygen atoms in total.